The second-order valence-electron chi connectivity index (χ2n) is 4.26. The van der Waals surface area contributed by atoms with Crippen molar-refractivity contribution in [1.82, 2.24) is 0 Å². The summed E-state index contributed by atoms with van der Waals surface area (Å²) in [6.07, 6.45) is 0.199. The first-order valence-corrected chi connectivity index (χ1v) is 6.37. The van der Waals surface area contributed by atoms with Gasteiger partial charge in [-0.25, -0.2) is 0 Å². The van der Waals surface area contributed by atoms with Gasteiger partial charge in [-0.3, -0.25) is 9.59 Å². The molecule has 0 radical (unpaired) electrons. The number of carbonyl (C=O) groups is 2. The number of anilines is 1. The van der Waals surface area contributed by atoms with Crippen LogP contribution in [0, 0.1) is 0 Å². The quantitative estimate of drug-likeness (QED) is 0.908. The van der Waals surface area contributed by atoms with Crippen molar-refractivity contribution >= 4 is 29.1 Å². The lowest BCUT2D eigenvalue weighted by Crippen LogP contribution is -2.19. The Bertz CT molecular complexity index is 639. The first kappa shape index (κ1) is 14.1. The van der Waals surface area contributed by atoms with Crippen LogP contribution in [0.15, 0.2) is 48.5 Å². The van der Waals surface area contributed by atoms with Crippen LogP contribution in [0.1, 0.15) is 15.9 Å². The number of hydrogen-bond acceptors (Lipinski definition) is 2. The van der Waals surface area contributed by atoms with Crippen LogP contribution in [0.2, 0.25) is 5.02 Å². The molecule has 2 aromatic carbocycles. The Balaban J connectivity index is 2.08. The van der Waals surface area contributed by atoms with E-state index in [9.17, 15) is 9.59 Å². The molecule has 0 aliphatic carbocycles. The van der Waals surface area contributed by atoms with Crippen LogP contribution in [0.3, 0.4) is 0 Å². The Hall–Kier alpha value is -2.33. The lowest BCUT2D eigenvalue weighted by molar-refractivity contribution is -0.115. The summed E-state index contributed by atoms with van der Waals surface area (Å²) in [7, 11) is 0. The first-order valence-electron chi connectivity index (χ1n) is 5.99. The Morgan fingerprint density at radius 3 is 2.35 bits per heavy atom. The average Bonchev–Trinajstić information content (AvgIpc) is 2.41. The fourth-order valence-corrected chi connectivity index (χ4v) is 1.92. The topological polar surface area (TPSA) is 72.2 Å². The van der Waals surface area contributed by atoms with Crippen LogP contribution in [0.5, 0.6) is 0 Å². The molecule has 0 spiro atoms. The standard InChI is InChI=1S/C15H13ClN2O2/c16-11-7-5-10(6-8-11)9-14(19)18-13-4-2-1-3-12(13)15(17)20/h1-8H,9H2,(H2,17,20)(H,18,19). The van der Waals surface area contributed by atoms with Crippen LogP contribution in [-0.4, -0.2) is 11.8 Å². The number of nitrogens with one attached hydrogen (secondary N) is 1. The predicted octanol–water partition coefficient (Wildman–Crippen LogP) is 2.62. The maximum atomic E-state index is 11.9. The summed E-state index contributed by atoms with van der Waals surface area (Å²) >= 11 is 5.78. The van der Waals surface area contributed by atoms with Crippen molar-refractivity contribution in [3.63, 3.8) is 0 Å². The molecule has 4 nitrogen and oxygen atoms in total. The fraction of sp³-hybridized carbons (Fsp3) is 0.0667. The van der Waals surface area contributed by atoms with Gasteiger partial charge in [0.2, 0.25) is 5.91 Å². The second-order valence-corrected chi connectivity index (χ2v) is 4.70. The molecular weight excluding hydrogens is 276 g/mol. The number of primary amides is 1. The highest BCUT2D eigenvalue weighted by atomic mass is 35.5. The van der Waals surface area contributed by atoms with E-state index in [0.29, 0.717) is 10.7 Å². The van der Waals surface area contributed by atoms with Gasteiger partial charge in [0.15, 0.2) is 0 Å². The number of hydrogen-bond donors (Lipinski definition) is 2. The van der Waals surface area contributed by atoms with Gasteiger partial charge in [-0.2, -0.15) is 0 Å². The van der Waals surface area contributed by atoms with Crippen LogP contribution in [-0.2, 0) is 11.2 Å². The molecule has 0 heterocycles. The summed E-state index contributed by atoms with van der Waals surface area (Å²) in [5.41, 5.74) is 6.80. The highest BCUT2D eigenvalue weighted by Gasteiger charge is 2.10. The molecule has 0 bridgehead atoms. The molecule has 0 saturated heterocycles. The third-order valence-electron chi connectivity index (χ3n) is 2.74. The minimum atomic E-state index is -0.576. The van der Waals surface area contributed by atoms with E-state index in [2.05, 4.69) is 5.32 Å². The number of halogens is 1. The van der Waals surface area contributed by atoms with Gasteiger partial charge < -0.3 is 11.1 Å². The fourth-order valence-electron chi connectivity index (χ4n) is 1.79. The maximum Gasteiger partial charge on any atom is 0.250 e. The average molecular weight is 289 g/mol. The highest BCUT2D eigenvalue weighted by molar-refractivity contribution is 6.30. The molecular formula is C15H13ClN2O2. The number of nitrogens with two attached hydrogens (primary N) is 1. The molecule has 2 rings (SSSR count). The summed E-state index contributed by atoms with van der Waals surface area (Å²) < 4.78 is 0. The monoisotopic (exact) mass is 288 g/mol. The van der Waals surface area contributed by atoms with E-state index in [4.69, 9.17) is 17.3 Å². The van der Waals surface area contributed by atoms with Gasteiger partial charge in [0.1, 0.15) is 0 Å². The summed E-state index contributed by atoms with van der Waals surface area (Å²) in [5, 5.41) is 3.30. The summed E-state index contributed by atoms with van der Waals surface area (Å²) in [4.78, 5) is 23.2. The molecule has 0 fully saturated rings. The van der Waals surface area contributed by atoms with Gasteiger partial charge in [-0.05, 0) is 29.8 Å². The minimum absolute atomic E-state index is 0.199. The summed E-state index contributed by atoms with van der Waals surface area (Å²) in [5.74, 6) is -0.798. The molecule has 0 unspecified atom stereocenters. The number of amides is 2. The van der Waals surface area contributed by atoms with Crippen LogP contribution < -0.4 is 11.1 Å². The molecule has 0 saturated carbocycles. The number of benzene rings is 2. The van der Waals surface area contributed by atoms with Crippen LogP contribution >= 0.6 is 11.6 Å². The Kier molecular flexibility index (Phi) is 4.38. The van der Waals surface area contributed by atoms with E-state index in [1.54, 1.807) is 48.5 Å². The molecule has 0 aromatic heterocycles. The van der Waals surface area contributed by atoms with Crippen molar-refractivity contribution in [2.24, 2.45) is 5.73 Å². The van der Waals surface area contributed by atoms with E-state index in [1.807, 2.05) is 0 Å². The van der Waals surface area contributed by atoms with Crippen LogP contribution in [0.25, 0.3) is 0 Å². The largest absolute Gasteiger partial charge is 0.366 e. The zero-order valence-corrected chi connectivity index (χ0v) is 11.4. The van der Waals surface area contributed by atoms with E-state index in [-0.39, 0.29) is 17.9 Å². The molecule has 2 amide bonds. The minimum Gasteiger partial charge on any atom is -0.366 e. The van der Waals surface area contributed by atoms with Gasteiger partial charge in [-0.1, -0.05) is 35.9 Å². The summed E-state index contributed by atoms with van der Waals surface area (Å²) in [6, 6.07) is 13.6. The molecule has 3 N–H and O–H groups in total. The molecule has 5 heteroatoms. The van der Waals surface area contributed by atoms with Crippen molar-refractivity contribution in [3.8, 4) is 0 Å². The van der Waals surface area contributed by atoms with E-state index in [0.717, 1.165) is 5.56 Å². The zero-order chi connectivity index (χ0) is 14.5. The van der Waals surface area contributed by atoms with E-state index < -0.39 is 5.91 Å². The normalized spacial score (nSPS) is 10.1. The molecule has 2 aromatic rings. The van der Waals surface area contributed by atoms with Crippen molar-refractivity contribution in [3.05, 3.63) is 64.7 Å². The molecule has 0 atom stereocenters. The number of rotatable bonds is 4. The van der Waals surface area contributed by atoms with Gasteiger partial charge in [-0.15, -0.1) is 0 Å². The smallest absolute Gasteiger partial charge is 0.250 e. The predicted molar refractivity (Wildman–Crippen MR) is 78.7 cm³/mol. The van der Waals surface area contributed by atoms with E-state index in [1.165, 1.54) is 0 Å². The highest BCUT2D eigenvalue weighted by Crippen LogP contribution is 2.15. The second kappa shape index (κ2) is 6.21. The molecule has 0 aliphatic heterocycles. The van der Waals surface area contributed by atoms with Crippen LogP contribution in [0.4, 0.5) is 5.69 Å². The van der Waals surface area contributed by atoms with Crippen molar-refractivity contribution in [2.45, 2.75) is 6.42 Å². The van der Waals surface area contributed by atoms with Gasteiger partial charge >= 0.3 is 0 Å². The van der Waals surface area contributed by atoms with Gasteiger partial charge in [0.25, 0.3) is 5.91 Å². The van der Waals surface area contributed by atoms with Crippen molar-refractivity contribution < 1.29 is 9.59 Å². The Morgan fingerprint density at radius 1 is 1.05 bits per heavy atom. The first-order chi connectivity index (χ1) is 9.56. The molecule has 102 valence electrons. The summed E-state index contributed by atoms with van der Waals surface area (Å²) in [6.45, 7) is 0. The third-order valence-corrected chi connectivity index (χ3v) is 3.00. The van der Waals surface area contributed by atoms with Crippen molar-refractivity contribution in [1.29, 1.82) is 0 Å². The maximum absolute atomic E-state index is 11.9. The Morgan fingerprint density at radius 2 is 1.70 bits per heavy atom. The number of para-hydroxylation sites is 1. The lowest BCUT2D eigenvalue weighted by atomic mass is 10.1. The molecule has 0 aliphatic rings. The van der Waals surface area contributed by atoms with E-state index >= 15 is 0 Å². The van der Waals surface area contributed by atoms with Gasteiger partial charge in [0, 0.05) is 5.02 Å². The third kappa shape index (κ3) is 3.59. The molecule has 20 heavy (non-hydrogen) atoms. The Labute approximate surface area is 121 Å². The SMILES string of the molecule is NC(=O)c1ccccc1NC(=O)Cc1ccc(Cl)cc1. The zero-order valence-electron chi connectivity index (χ0n) is 10.6. The number of carbonyl (C=O) groups excluding carboxylic acids is 2. The van der Waals surface area contributed by atoms with Gasteiger partial charge in [0.05, 0.1) is 17.7 Å². The lowest BCUT2D eigenvalue weighted by Gasteiger charge is -2.08. The van der Waals surface area contributed by atoms with Crippen molar-refractivity contribution in [2.75, 3.05) is 5.32 Å².